The summed E-state index contributed by atoms with van der Waals surface area (Å²) < 4.78 is 0. The molecule has 1 aliphatic heterocycles. The molecule has 3 heteroatoms. The third-order valence-electron chi connectivity index (χ3n) is 14.0. The monoisotopic (exact) mass is 935 g/mol. The molecule has 0 amide bonds. The van der Waals surface area contributed by atoms with Crippen molar-refractivity contribution >= 4 is 22.8 Å². The molecule has 1 heterocycles. The molecule has 73 heavy (non-hydrogen) atoms. The van der Waals surface area contributed by atoms with Gasteiger partial charge in [0.1, 0.15) is 6.17 Å². The van der Waals surface area contributed by atoms with Crippen molar-refractivity contribution in [1.82, 2.24) is 10.6 Å². The highest BCUT2D eigenvalue weighted by Gasteiger charge is 2.25. The van der Waals surface area contributed by atoms with Crippen LogP contribution in [0.25, 0.3) is 72.5 Å². The number of nitrogens with zero attached hydrogens (tertiary/aromatic N) is 1. The maximum Gasteiger partial charge on any atom is 0.104 e. The lowest BCUT2D eigenvalue weighted by Crippen LogP contribution is -2.39. The van der Waals surface area contributed by atoms with Crippen LogP contribution in [0, 0.1) is 0 Å². The minimum Gasteiger partial charge on any atom is -0.366 e. The van der Waals surface area contributed by atoms with Crippen molar-refractivity contribution in [2.75, 3.05) is 4.90 Å². The first kappa shape index (κ1) is 44.9. The number of hydrogen-bond donors (Lipinski definition) is 2. The van der Waals surface area contributed by atoms with Crippen molar-refractivity contribution in [2.24, 2.45) is 0 Å². The van der Waals surface area contributed by atoms with Gasteiger partial charge in [-0.3, -0.25) is 5.32 Å². The minimum atomic E-state index is -0.102. The van der Waals surface area contributed by atoms with E-state index in [1.807, 2.05) is 0 Å². The Balaban J connectivity index is 0.829. The molecule has 2 atom stereocenters. The Morgan fingerprint density at radius 3 is 0.932 bits per heavy atom. The van der Waals surface area contributed by atoms with E-state index in [1.54, 1.807) is 0 Å². The molecule has 0 radical (unpaired) electrons. The minimum absolute atomic E-state index is 0.00776. The predicted molar refractivity (Wildman–Crippen MR) is 306 cm³/mol. The Morgan fingerprint density at radius 1 is 0.247 bits per heavy atom. The highest BCUT2D eigenvalue weighted by atomic mass is 15.2. The van der Waals surface area contributed by atoms with Gasteiger partial charge in [0.05, 0.1) is 6.04 Å². The summed E-state index contributed by atoms with van der Waals surface area (Å²) in [6.07, 6.45) is 2.22. The Morgan fingerprint density at radius 2 is 0.534 bits per heavy atom. The molecule has 1 aliphatic rings. The first-order chi connectivity index (χ1) is 36.1. The fourth-order valence-corrected chi connectivity index (χ4v) is 10.0. The number of anilines is 3. The smallest absolute Gasteiger partial charge is 0.104 e. The molecule has 2 unspecified atom stereocenters. The van der Waals surface area contributed by atoms with Gasteiger partial charge in [0.15, 0.2) is 0 Å². The van der Waals surface area contributed by atoms with Crippen molar-refractivity contribution in [3.63, 3.8) is 0 Å². The van der Waals surface area contributed by atoms with Crippen molar-refractivity contribution in [3.05, 3.63) is 314 Å². The normalized spacial score (nSPS) is 14.2. The topological polar surface area (TPSA) is 27.3 Å². The molecule has 0 saturated carbocycles. The number of hydrogen-bond acceptors (Lipinski definition) is 3. The molecule has 0 bridgehead atoms. The molecule has 2 N–H and O–H groups in total. The van der Waals surface area contributed by atoms with Gasteiger partial charge in [0.2, 0.25) is 0 Å². The predicted octanol–water partition coefficient (Wildman–Crippen LogP) is 18.1. The molecule has 0 spiro atoms. The molecule has 0 fully saturated rings. The van der Waals surface area contributed by atoms with Crippen LogP contribution >= 0.6 is 0 Å². The van der Waals surface area contributed by atoms with Gasteiger partial charge in [-0.2, -0.15) is 0 Å². The van der Waals surface area contributed by atoms with Gasteiger partial charge in [-0.1, -0.05) is 249 Å². The summed E-state index contributed by atoms with van der Waals surface area (Å²) >= 11 is 0. The van der Waals surface area contributed by atoms with Gasteiger partial charge in [-0.15, -0.1) is 0 Å². The van der Waals surface area contributed by atoms with Crippen LogP contribution in [0.5, 0.6) is 0 Å². The van der Waals surface area contributed by atoms with E-state index in [9.17, 15) is 0 Å². The second kappa shape index (κ2) is 20.6. The van der Waals surface area contributed by atoms with E-state index in [1.165, 1.54) is 66.8 Å². The van der Waals surface area contributed by atoms with Crippen molar-refractivity contribution in [3.8, 4) is 66.8 Å². The van der Waals surface area contributed by atoms with E-state index in [2.05, 4.69) is 313 Å². The fraction of sp³-hybridized carbons (Fsp3) is 0.0286. The quantitative estimate of drug-likeness (QED) is 0.128. The van der Waals surface area contributed by atoms with E-state index in [-0.39, 0.29) is 12.2 Å². The molecule has 11 aromatic rings. The van der Waals surface area contributed by atoms with E-state index < -0.39 is 0 Å². The third-order valence-corrected chi connectivity index (χ3v) is 14.0. The number of rotatable bonds is 12. The lowest BCUT2D eigenvalue weighted by Gasteiger charge is -2.33. The molecular weight excluding hydrogens is 883 g/mol. The first-order valence-corrected chi connectivity index (χ1v) is 25.1. The van der Waals surface area contributed by atoms with Gasteiger partial charge >= 0.3 is 0 Å². The zero-order valence-corrected chi connectivity index (χ0v) is 40.4. The number of nitrogens with one attached hydrogen (secondary N) is 2. The summed E-state index contributed by atoms with van der Waals surface area (Å²) in [5, 5.41) is 7.79. The zero-order chi connectivity index (χ0) is 48.8. The average molecular weight is 936 g/mol. The summed E-state index contributed by atoms with van der Waals surface area (Å²) in [5.74, 6) is 0. The summed E-state index contributed by atoms with van der Waals surface area (Å²) in [4.78, 5) is 2.35. The second-order valence-corrected chi connectivity index (χ2v) is 18.6. The van der Waals surface area contributed by atoms with Crippen LogP contribution in [-0.2, 0) is 0 Å². The lowest BCUT2D eigenvalue weighted by atomic mass is 9.95. The maximum atomic E-state index is 3.92. The van der Waals surface area contributed by atoms with Crippen LogP contribution in [0.3, 0.4) is 0 Å². The summed E-state index contributed by atoms with van der Waals surface area (Å²) in [7, 11) is 0. The van der Waals surface area contributed by atoms with E-state index >= 15 is 0 Å². The Kier molecular flexibility index (Phi) is 12.7. The largest absolute Gasteiger partial charge is 0.366 e. The SMILES string of the molecule is C1=C(c2ccc(-c3ccc(N(c4ccc(-c5ccccc5)cc4)c4ccc(-c5cccc(-c6ccccc6)c5)cc4)cc3)cc2)NC(c2ccc(-c3ccccc3)cc2)NC1c1ccc(-c2ccccc2)cc1. The van der Waals surface area contributed by atoms with Crippen LogP contribution in [0.4, 0.5) is 17.1 Å². The van der Waals surface area contributed by atoms with E-state index in [0.29, 0.717) is 0 Å². The van der Waals surface area contributed by atoms with Gasteiger partial charge in [-0.05, 0) is 132 Å². The summed E-state index contributed by atoms with van der Waals surface area (Å²) in [6.45, 7) is 0. The van der Waals surface area contributed by atoms with Crippen LogP contribution in [-0.4, -0.2) is 0 Å². The first-order valence-electron chi connectivity index (χ1n) is 25.1. The molecule has 11 aromatic carbocycles. The molecule has 3 nitrogen and oxygen atoms in total. The molecule has 0 aliphatic carbocycles. The third kappa shape index (κ3) is 9.91. The van der Waals surface area contributed by atoms with Gasteiger partial charge < -0.3 is 10.2 Å². The van der Waals surface area contributed by atoms with E-state index in [0.717, 1.165) is 39.4 Å². The molecule has 0 saturated heterocycles. The van der Waals surface area contributed by atoms with E-state index in [4.69, 9.17) is 0 Å². The van der Waals surface area contributed by atoms with Crippen LogP contribution in [0.1, 0.15) is 28.9 Å². The average Bonchev–Trinajstić information content (AvgIpc) is 3.49. The molecule has 12 rings (SSSR count). The van der Waals surface area contributed by atoms with Crippen molar-refractivity contribution in [1.29, 1.82) is 0 Å². The lowest BCUT2D eigenvalue weighted by molar-refractivity contribution is 0.443. The Bertz CT molecular complexity index is 3590. The van der Waals surface area contributed by atoms with Crippen LogP contribution in [0.15, 0.2) is 297 Å². The fourth-order valence-electron chi connectivity index (χ4n) is 10.0. The maximum absolute atomic E-state index is 3.92. The highest BCUT2D eigenvalue weighted by Crippen LogP contribution is 2.39. The van der Waals surface area contributed by atoms with Gasteiger partial charge in [0, 0.05) is 22.8 Å². The summed E-state index contributed by atoms with van der Waals surface area (Å²) in [5.41, 5.74) is 22.2. The highest BCUT2D eigenvalue weighted by molar-refractivity contribution is 5.82. The van der Waals surface area contributed by atoms with Gasteiger partial charge in [-0.25, -0.2) is 0 Å². The molecule has 348 valence electrons. The second-order valence-electron chi connectivity index (χ2n) is 18.6. The van der Waals surface area contributed by atoms with Gasteiger partial charge in [0.25, 0.3) is 0 Å². The Hall–Kier alpha value is -9.28. The molecular formula is C70H53N3. The van der Waals surface area contributed by atoms with Crippen LogP contribution in [0.2, 0.25) is 0 Å². The zero-order valence-electron chi connectivity index (χ0n) is 40.4. The van der Waals surface area contributed by atoms with Crippen molar-refractivity contribution in [2.45, 2.75) is 12.2 Å². The molecule has 0 aromatic heterocycles. The summed E-state index contributed by atoms with van der Waals surface area (Å²) in [6, 6.07) is 105. The standard InChI is InChI=1S/C70H53N3/c1-5-14-50(15-6-1)54-24-30-60(31-25-54)68-49-69(72-70(71-68)62-34-28-55(29-35-62)51-16-7-2-8-17-51)61-32-26-56(27-33-61)58-38-44-66(45-39-58)73(65-42-36-57(37-43-65)52-18-9-3-10-19-52)67-46-40-59(41-47-67)64-23-13-22-63(48-64)53-20-11-4-12-21-53/h1-49,68,70-72H. The Labute approximate surface area is 429 Å². The van der Waals surface area contributed by atoms with Crippen LogP contribution < -0.4 is 15.5 Å². The number of benzene rings is 11. The van der Waals surface area contributed by atoms with Crippen molar-refractivity contribution < 1.29 is 0 Å².